The summed E-state index contributed by atoms with van der Waals surface area (Å²) in [6.07, 6.45) is 40.9. The summed E-state index contributed by atoms with van der Waals surface area (Å²) in [7, 11) is 0. The Hall–Kier alpha value is -1.59. The lowest BCUT2D eigenvalue weighted by Gasteiger charge is -2.18. The van der Waals surface area contributed by atoms with Gasteiger partial charge in [-0.2, -0.15) is 0 Å². The zero-order chi connectivity index (χ0) is 40.5. The number of esters is 3. The molecule has 6 heteroatoms. The van der Waals surface area contributed by atoms with Crippen LogP contribution in [0.4, 0.5) is 0 Å². The minimum Gasteiger partial charge on any atom is -0.462 e. The number of unbranched alkanes of at least 4 members (excludes halogenated alkanes) is 26. The van der Waals surface area contributed by atoms with Crippen LogP contribution >= 0.6 is 0 Å². The highest BCUT2D eigenvalue weighted by atomic mass is 16.6. The van der Waals surface area contributed by atoms with E-state index in [0.29, 0.717) is 19.3 Å². The molecular formula is C49H94O6. The maximum atomic E-state index is 12.7. The number of hydrogen-bond acceptors (Lipinski definition) is 6. The van der Waals surface area contributed by atoms with Gasteiger partial charge in [-0.1, -0.05) is 227 Å². The highest BCUT2D eigenvalue weighted by molar-refractivity contribution is 5.71. The zero-order valence-electron chi connectivity index (χ0n) is 37.6. The summed E-state index contributed by atoms with van der Waals surface area (Å²) >= 11 is 0. The fourth-order valence-corrected chi connectivity index (χ4v) is 7.22. The van der Waals surface area contributed by atoms with Crippen molar-refractivity contribution in [3.05, 3.63) is 0 Å². The molecule has 0 aromatic heterocycles. The van der Waals surface area contributed by atoms with Crippen molar-refractivity contribution in [2.24, 2.45) is 11.8 Å². The van der Waals surface area contributed by atoms with Crippen molar-refractivity contribution >= 4 is 17.9 Å². The first-order valence-electron chi connectivity index (χ1n) is 24.3. The molecule has 0 heterocycles. The highest BCUT2D eigenvalue weighted by Gasteiger charge is 2.19. The van der Waals surface area contributed by atoms with Crippen molar-refractivity contribution in [1.82, 2.24) is 0 Å². The quantitative estimate of drug-likeness (QED) is 0.0348. The summed E-state index contributed by atoms with van der Waals surface area (Å²) in [4.78, 5) is 37.7. The van der Waals surface area contributed by atoms with E-state index in [-0.39, 0.29) is 31.1 Å². The van der Waals surface area contributed by atoms with Gasteiger partial charge in [-0.05, 0) is 31.1 Å². The predicted molar refractivity (Wildman–Crippen MR) is 233 cm³/mol. The molecule has 0 aliphatic carbocycles. The first-order valence-corrected chi connectivity index (χ1v) is 24.3. The van der Waals surface area contributed by atoms with Crippen LogP contribution in [-0.4, -0.2) is 37.2 Å². The molecule has 326 valence electrons. The van der Waals surface area contributed by atoms with E-state index in [1.54, 1.807) is 0 Å². The number of ether oxygens (including phenoxy) is 3. The van der Waals surface area contributed by atoms with Crippen molar-refractivity contribution in [3.63, 3.8) is 0 Å². The zero-order valence-corrected chi connectivity index (χ0v) is 37.6. The standard InChI is InChI=1S/C49H94O6/c1-6-9-10-11-12-19-23-29-34-39-47(50)53-42-46(43-54-48(51)40-35-30-26-25-28-33-38-45(5)8-3)55-49(52)41-36-31-24-21-18-16-14-13-15-17-20-22-27-32-37-44(4)7-2/h44-46H,6-43H2,1-5H3/t44?,45?,46-/m0/s1. The van der Waals surface area contributed by atoms with Gasteiger partial charge in [0.05, 0.1) is 0 Å². The average Bonchev–Trinajstić information content (AvgIpc) is 3.18. The van der Waals surface area contributed by atoms with E-state index >= 15 is 0 Å². The van der Waals surface area contributed by atoms with Crippen LogP contribution in [0.25, 0.3) is 0 Å². The summed E-state index contributed by atoms with van der Waals surface area (Å²) in [5.74, 6) is 0.850. The monoisotopic (exact) mass is 779 g/mol. The molecule has 0 aromatic carbocycles. The topological polar surface area (TPSA) is 78.9 Å². The molecule has 2 unspecified atom stereocenters. The van der Waals surface area contributed by atoms with Gasteiger partial charge >= 0.3 is 17.9 Å². The summed E-state index contributed by atoms with van der Waals surface area (Å²) in [6, 6.07) is 0. The summed E-state index contributed by atoms with van der Waals surface area (Å²) in [5, 5.41) is 0. The first-order chi connectivity index (χ1) is 26.8. The van der Waals surface area contributed by atoms with Gasteiger partial charge < -0.3 is 14.2 Å². The second-order valence-electron chi connectivity index (χ2n) is 17.2. The Kier molecular flexibility index (Phi) is 40.8. The molecule has 0 fully saturated rings. The second kappa shape index (κ2) is 42.0. The molecule has 6 nitrogen and oxygen atoms in total. The molecule has 0 rings (SSSR count). The Morgan fingerprint density at radius 2 is 0.636 bits per heavy atom. The van der Waals surface area contributed by atoms with E-state index in [0.717, 1.165) is 69.6 Å². The fraction of sp³-hybridized carbons (Fsp3) is 0.939. The summed E-state index contributed by atoms with van der Waals surface area (Å²) < 4.78 is 16.7. The van der Waals surface area contributed by atoms with E-state index in [2.05, 4.69) is 34.6 Å². The molecule has 0 saturated heterocycles. The minimum atomic E-state index is -0.761. The predicted octanol–water partition coefficient (Wildman–Crippen LogP) is 15.4. The van der Waals surface area contributed by atoms with Crippen molar-refractivity contribution in [2.75, 3.05) is 13.2 Å². The van der Waals surface area contributed by atoms with E-state index in [1.807, 2.05) is 0 Å². The van der Waals surface area contributed by atoms with Crippen LogP contribution in [0.15, 0.2) is 0 Å². The van der Waals surface area contributed by atoms with Crippen LogP contribution in [0.3, 0.4) is 0 Å². The van der Waals surface area contributed by atoms with Crippen molar-refractivity contribution in [1.29, 1.82) is 0 Å². The fourth-order valence-electron chi connectivity index (χ4n) is 7.22. The molecule has 0 radical (unpaired) electrons. The van der Waals surface area contributed by atoms with Crippen LogP contribution < -0.4 is 0 Å². The lowest BCUT2D eigenvalue weighted by Crippen LogP contribution is -2.30. The largest absolute Gasteiger partial charge is 0.462 e. The van der Waals surface area contributed by atoms with Gasteiger partial charge in [0.1, 0.15) is 13.2 Å². The lowest BCUT2D eigenvalue weighted by atomic mass is 9.99. The molecule has 0 aliphatic rings. The molecule has 0 spiro atoms. The molecular weight excluding hydrogens is 685 g/mol. The Morgan fingerprint density at radius 3 is 0.945 bits per heavy atom. The Morgan fingerprint density at radius 1 is 0.364 bits per heavy atom. The van der Waals surface area contributed by atoms with Gasteiger partial charge in [-0.15, -0.1) is 0 Å². The Labute approximate surface area is 342 Å². The van der Waals surface area contributed by atoms with Gasteiger partial charge in [0, 0.05) is 19.3 Å². The molecule has 3 atom stereocenters. The van der Waals surface area contributed by atoms with Gasteiger partial charge in [-0.3, -0.25) is 14.4 Å². The van der Waals surface area contributed by atoms with Crippen molar-refractivity contribution < 1.29 is 28.6 Å². The number of rotatable bonds is 43. The molecule has 0 aliphatic heterocycles. The third-order valence-corrected chi connectivity index (χ3v) is 11.7. The van der Waals surface area contributed by atoms with Gasteiger partial charge in [0.2, 0.25) is 0 Å². The first kappa shape index (κ1) is 53.4. The van der Waals surface area contributed by atoms with E-state index in [4.69, 9.17) is 14.2 Å². The molecule has 0 saturated carbocycles. The smallest absolute Gasteiger partial charge is 0.306 e. The van der Waals surface area contributed by atoms with E-state index in [9.17, 15) is 14.4 Å². The molecule has 0 N–H and O–H groups in total. The molecule has 0 amide bonds. The SMILES string of the molecule is CCCCCCCCCCCC(=O)OC[C@@H](COC(=O)CCCCCCCCC(C)CC)OC(=O)CCCCCCCCCCCCCCCCC(C)CC. The number of carbonyl (C=O) groups excluding carboxylic acids is 3. The van der Waals surface area contributed by atoms with Crippen LogP contribution in [0, 0.1) is 11.8 Å². The van der Waals surface area contributed by atoms with Crippen LogP contribution in [0.1, 0.15) is 266 Å². The van der Waals surface area contributed by atoms with E-state index < -0.39 is 6.10 Å². The maximum absolute atomic E-state index is 12.7. The Bertz CT molecular complexity index is 843. The third-order valence-electron chi connectivity index (χ3n) is 11.7. The summed E-state index contributed by atoms with van der Waals surface area (Å²) in [6.45, 7) is 11.4. The van der Waals surface area contributed by atoms with Crippen molar-refractivity contribution in [3.8, 4) is 0 Å². The molecule has 0 bridgehead atoms. The minimum absolute atomic E-state index is 0.0652. The van der Waals surface area contributed by atoms with Gasteiger partial charge in [0.25, 0.3) is 0 Å². The molecule has 55 heavy (non-hydrogen) atoms. The van der Waals surface area contributed by atoms with Crippen LogP contribution in [0.5, 0.6) is 0 Å². The second-order valence-corrected chi connectivity index (χ2v) is 17.2. The van der Waals surface area contributed by atoms with Crippen LogP contribution in [0.2, 0.25) is 0 Å². The normalized spacial score (nSPS) is 13.0. The van der Waals surface area contributed by atoms with Gasteiger partial charge in [0.15, 0.2) is 6.10 Å². The third kappa shape index (κ3) is 40.4. The highest BCUT2D eigenvalue weighted by Crippen LogP contribution is 2.18. The maximum Gasteiger partial charge on any atom is 0.306 e. The lowest BCUT2D eigenvalue weighted by molar-refractivity contribution is -0.167. The van der Waals surface area contributed by atoms with Gasteiger partial charge in [-0.25, -0.2) is 0 Å². The van der Waals surface area contributed by atoms with E-state index in [1.165, 1.54) is 154 Å². The number of carbonyl (C=O) groups is 3. The number of hydrogen-bond donors (Lipinski definition) is 0. The Balaban J connectivity index is 4.26. The van der Waals surface area contributed by atoms with Crippen molar-refractivity contribution in [2.45, 2.75) is 272 Å². The van der Waals surface area contributed by atoms with Crippen LogP contribution in [-0.2, 0) is 28.6 Å². The summed E-state index contributed by atoms with van der Waals surface area (Å²) in [5.41, 5.74) is 0. The average molecular weight is 779 g/mol. The molecule has 0 aromatic rings.